The average Bonchev–Trinajstić information content (AvgIpc) is 2.29. The number of aliphatic carboxylic acids is 1. The summed E-state index contributed by atoms with van der Waals surface area (Å²) in [6.45, 7) is 1.69. The molecule has 0 aliphatic carbocycles. The van der Waals surface area contributed by atoms with E-state index in [4.69, 9.17) is 16.7 Å². The number of carboxylic acid groups (broad SMARTS) is 1. The Morgan fingerprint density at radius 2 is 2.50 bits per heavy atom. The van der Waals surface area contributed by atoms with E-state index >= 15 is 0 Å². The van der Waals surface area contributed by atoms with Gasteiger partial charge in [0.2, 0.25) is 5.28 Å². The summed E-state index contributed by atoms with van der Waals surface area (Å²) in [4.78, 5) is 20.6. The Hall–Kier alpha value is -1.40. The lowest BCUT2D eigenvalue weighted by Gasteiger charge is -2.32. The molecule has 1 aliphatic heterocycles. The molecule has 0 radical (unpaired) electrons. The van der Waals surface area contributed by atoms with Crippen LogP contribution in [0.15, 0.2) is 12.3 Å². The molecule has 1 atom stereocenters. The Bertz CT molecular complexity index is 401. The zero-order chi connectivity index (χ0) is 11.5. The fourth-order valence-electron chi connectivity index (χ4n) is 1.63. The van der Waals surface area contributed by atoms with Gasteiger partial charge in [-0.05, 0) is 17.7 Å². The minimum absolute atomic E-state index is 0.169. The van der Waals surface area contributed by atoms with E-state index in [1.165, 1.54) is 0 Å². The van der Waals surface area contributed by atoms with Crippen molar-refractivity contribution in [2.45, 2.75) is 6.04 Å². The van der Waals surface area contributed by atoms with Crippen molar-refractivity contribution in [2.75, 3.05) is 24.5 Å². The van der Waals surface area contributed by atoms with E-state index in [0.29, 0.717) is 25.5 Å². The Morgan fingerprint density at radius 1 is 1.69 bits per heavy atom. The molecule has 1 aliphatic rings. The molecule has 1 aromatic rings. The first-order valence-electron chi connectivity index (χ1n) is 4.86. The zero-order valence-corrected chi connectivity index (χ0v) is 9.18. The number of halogens is 1. The highest BCUT2D eigenvalue weighted by Crippen LogP contribution is 2.14. The molecule has 1 saturated heterocycles. The third-order valence-corrected chi connectivity index (χ3v) is 2.59. The first kappa shape index (κ1) is 11.1. The fraction of sp³-hybridized carbons (Fsp3) is 0.444. The molecule has 0 spiro atoms. The quantitative estimate of drug-likeness (QED) is 0.711. The second-order valence-electron chi connectivity index (χ2n) is 3.47. The third kappa shape index (κ3) is 2.40. The molecule has 1 aromatic heterocycles. The summed E-state index contributed by atoms with van der Waals surface area (Å²) in [6.07, 6.45) is 1.56. The third-order valence-electron chi connectivity index (χ3n) is 2.41. The van der Waals surface area contributed by atoms with E-state index in [1.807, 2.05) is 4.90 Å². The van der Waals surface area contributed by atoms with Crippen molar-refractivity contribution >= 4 is 23.4 Å². The maximum absolute atomic E-state index is 10.9. The van der Waals surface area contributed by atoms with Crippen LogP contribution >= 0.6 is 11.6 Å². The van der Waals surface area contributed by atoms with Crippen LogP contribution in [0.1, 0.15) is 0 Å². The number of nitrogens with one attached hydrogen (secondary N) is 1. The molecule has 0 aromatic carbocycles. The summed E-state index contributed by atoms with van der Waals surface area (Å²) < 4.78 is 0. The first-order chi connectivity index (χ1) is 7.66. The SMILES string of the molecule is O=C(O)[C@@H]1CN(c2ccnc(Cl)n2)CCN1. The molecule has 0 unspecified atom stereocenters. The van der Waals surface area contributed by atoms with Gasteiger partial charge in [0.05, 0.1) is 0 Å². The van der Waals surface area contributed by atoms with Gasteiger partial charge >= 0.3 is 5.97 Å². The van der Waals surface area contributed by atoms with Crippen LogP contribution in [0.4, 0.5) is 5.82 Å². The van der Waals surface area contributed by atoms with Crippen LogP contribution in [0.3, 0.4) is 0 Å². The second kappa shape index (κ2) is 4.63. The van der Waals surface area contributed by atoms with Gasteiger partial charge < -0.3 is 15.3 Å². The molecule has 2 heterocycles. The number of hydrogen-bond acceptors (Lipinski definition) is 5. The van der Waals surface area contributed by atoms with E-state index in [-0.39, 0.29) is 5.28 Å². The molecule has 7 heteroatoms. The highest BCUT2D eigenvalue weighted by molar-refractivity contribution is 6.28. The predicted molar refractivity (Wildman–Crippen MR) is 58.7 cm³/mol. The van der Waals surface area contributed by atoms with Gasteiger partial charge in [0.1, 0.15) is 11.9 Å². The summed E-state index contributed by atoms with van der Waals surface area (Å²) in [6, 6.07) is 1.15. The van der Waals surface area contributed by atoms with Crippen molar-refractivity contribution in [3.05, 3.63) is 17.5 Å². The van der Waals surface area contributed by atoms with Gasteiger partial charge in [-0.15, -0.1) is 0 Å². The van der Waals surface area contributed by atoms with E-state index in [1.54, 1.807) is 12.3 Å². The minimum atomic E-state index is -0.857. The summed E-state index contributed by atoms with van der Waals surface area (Å²) in [5, 5.41) is 12.0. The monoisotopic (exact) mass is 242 g/mol. The van der Waals surface area contributed by atoms with Crippen LogP contribution in [-0.4, -0.2) is 46.7 Å². The van der Waals surface area contributed by atoms with E-state index in [0.717, 1.165) is 0 Å². The number of aromatic nitrogens is 2. The van der Waals surface area contributed by atoms with Gasteiger partial charge in [-0.3, -0.25) is 4.79 Å². The normalized spacial score (nSPS) is 20.8. The standard InChI is InChI=1S/C9H11ClN4O2/c10-9-12-2-1-7(13-9)14-4-3-11-6(5-14)8(15)16/h1-2,6,11H,3-5H2,(H,15,16)/t6-/m0/s1. The van der Waals surface area contributed by atoms with Crippen LogP contribution < -0.4 is 10.2 Å². The minimum Gasteiger partial charge on any atom is -0.480 e. The first-order valence-corrected chi connectivity index (χ1v) is 5.24. The molecule has 2 rings (SSSR count). The van der Waals surface area contributed by atoms with Crippen molar-refractivity contribution < 1.29 is 9.90 Å². The van der Waals surface area contributed by atoms with Crippen molar-refractivity contribution in [3.8, 4) is 0 Å². The van der Waals surface area contributed by atoms with Gasteiger partial charge in [-0.2, -0.15) is 0 Å². The number of carboxylic acids is 1. The molecule has 6 nitrogen and oxygen atoms in total. The Balaban J connectivity index is 2.12. The second-order valence-corrected chi connectivity index (χ2v) is 3.81. The fourth-order valence-corrected chi connectivity index (χ4v) is 1.77. The Morgan fingerprint density at radius 3 is 3.19 bits per heavy atom. The molecule has 0 amide bonds. The lowest BCUT2D eigenvalue weighted by atomic mass is 10.2. The van der Waals surface area contributed by atoms with E-state index in [9.17, 15) is 4.79 Å². The van der Waals surface area contributed by atoms with E-state index < -0.39 is 12.0 Å². The Kier molecular flexibility index (Phi) is 3.21. The Labute approximate surface area is 97.3 Å². The van der Waals surface area contributed by atoms with Crippen molar-refractivity contribution in [3.63, 3.8) is 0 Å². The molecule has 16 heavy (non-hydrogen) atoms. The summed E-state index contributed by atoms with van der Waals surface area (Å²) in [5.74, 6) is -0.197. The number of anilines is 1. The smallest absolute Gasteiger partial charge is 0.322 e. The molecule has 0 bridgehead atoms. The maximum atomic E-state index is 10.9. The maximum Gasteiger partial charge on any atom is 0.322 e. The summed E-state index contributed by atoms with van der Waals surface area (Å²) in [5.41, 5.74) is 0. The highest BCUT2D eigenvalue weighted by atomic mass is 35.5. The number of nitrogens with zero attached hydrogens (tertiary/aromatic N) is 3. The lowest BCUT2D eigenvalue weighted by Crippen LogP contribution is -2.54. The lowest BCUT2D eigenvalue weighted by molar-refractivity contribution is -0.139. The van der Waals surface area contributed by atoms with Crippen molar-refractivity contribution in [1.29, 1.82) is 0 Å². The predicted octanol–water partition coefficient (Wildman–Crippen LogP) is -0.00720. The molecular weight excluding hydrogens is 232 g/mol. The van der Waals surface area contributed by atoms with E-state index in [2.05, 4.69) is 15.3 Å². The molecule has 86 valence electrons. The van der Waals surface area contributed by atoms with Gasteiger partial charge in [0, 0.05) is 25.8 Å². The van der Waals surface area contributed by atoms with Crippen LogP contribution in [0.2, 0.25) is 5.28 Å². The summed E-state index contributed by atoms with van der Waals surface area (Å²) in [7, 11) is 0. The van der Waals surface area contributed by atoms with Crippen molar-refractivity contribution in [2.24, 2.45) is 0 Å². The van der Waals surface area contributed by atoms with Gasteiger partial charge in [-0.25, -0.2) is 9.97 Å². The zero-order valence-electron chi connectivity index (χ0n) is 8.43. The molecule has 2 N–H and O–H groups in total. The van der Waals surface area contributed by atoms with Crippen LogP contribution in [0.5, 0.6) is 0 Å². The topological polar surface area (TPSA) is 78.3 Å². The van der Waals surface area contributed by atoms with Crippen LogP contribution in [0, 0.1) is 0 Å². The number of hydrogen-bond donors (Lipinski definition) is 2. The number of piperazine rings is 1. The molecule has 0 saturated carbocycles. The number of rotatable bonds is 2. The molecule has 1 fully saturated rings. The van der Waals surface area contributed by atoms with Gasteiger partial charge in [-0.1, -0.05) is 0 Å². The van der Waals surface area contributed by atoms with Crippen LogP contribution in [-0.2, 0) is 4.79 Å². The average molecular weight is 243 g/mol. The van der Waals surface area contributed by atoms with Crippen LogP contribution in [0.25, 0.3) is 0 Å². The largest absolute Gasteiger partial charge is 0.480 e. The van der Waals surface area contributed by atoms with Gasteiger partial charge in [0.25, 0.3) is 0 Å². The summed E-state index contributed by atoms with van der Waals surface area (Å²) >= 11 is 5.68. The van der Waals surface area contributed by atoms with Crippen molar-refractivity contribution in [1.82, 2.24) is 15.3 Å². The number of carbonyl (C=O) groups is 1. The molecular formula is C9H11ClN4O2. The highest BCUT2D eigenvalue weighted by Gasteiger charge is 2.25. The van der Waals surface area contributed by atoms with Gasteiger partial charge in [0.15, 0.2) is 0 Å².